The highest BCUT2D eigenvalue weighted by atomic mass is 16.5. The third-order valence-electron chi connectivity index (χ3n) is 4.67. The molecule has 0 unspecified atom stereocenters. The fraction of sp³-hybridized carbons (Fsp3) is 0.211. The van der Waals surface area contributed by atoms with Gasteiger partial charge in [0, 0.05) is 22.9 Å². The number of fused-ring (bicyclic) bond motifs is 3. The van der Waals surface area contributed by atoms with Crippen LogP contribution in [0.2, 0.25) is 0 Å². The van der Waals surface area contributed by atoms with E-state index in [9.17, 15) is 4.79 Å². The van der Waals surface area contributed by atoms with E-state index in [4.69, 9.17) is 4.74 Å². The minimum Gasteiger partial charge on any atom is -0.465 e. The van der Waals surface area contributed by atoms with Gasteiger partial charge in [-0.1, -0.05) is 48.5 Å². The first-order valence-electron chi connectivity index (χ1n) is 7.85. The Morgan fingerprint density at radius 3 is 2.65 bits per heavy atom. The van der Waals surface area contributed by atoms with Crippen LogP contribution < -0.4 is 5.32 Å². The molecule has 2 atom stereocenters. The van der Waals surface area contributed by atoms with E-state index < -0.39 is 0 Å². The van der Waals surface area contributed by atoms with Gasteiger partial charge in [-0.2, -0.15) is 0 Å². The molecule has 4 rings (SSSR count). The third-order valence-corrected chi connectivity index (χ3v) is 4.67. The van der Waals surface area contributed by atoms with Gasteiger partial charge in [-0.15, -0.1) is 0 Å². The topological polar surface area (TPSA) is 58.7 Å². The van der Waals surface area contributed by atoms with Crippen LogP contribution in [0.4, 0.5) is 0 Å². The molecule has 4 nitrogen and oxygen atoms in total. The molecule has 116 valence electrons. The number of carbonyl (C=O) groups is 1. The van der Waals surface area contributed by atoms with Crippen molar-refractivity contribution in [1.82, 2.24) is 4.98 Å². The van der Waals surface area contributed by atoms with Gasteiger partial charge in [0.05, 0.1) is 12.8 Å². The number of carbonyl (C=O) groups excluding carboxylic acids is 1. The fourth-order valence-electron chi connectivity index (χ4n) is 3.57. The van der Waals surface area contributed by atoms with Crippen molar-refractivity contribution in [2.75, 3.05) is 7.11 Å². The molecule has 0 amide bonds. The molecule has 0 aliphatic carbocycles. The molecule has 3 aromatic rings. The summed E-state index contributed by atoms with van der Waals surface area (Å²) in [6.45, 7) is 0. The van der Waals surface area contributed by atoms with Gasteiger partial charge < -0.3 is 15.0 Å². The Hall–Kier alpha value is -2.59. The molecule has 1 aromatic heterocycles. The number of H-pyrrole nitrogens is 1. The molecular weight excluding hydrogens is 288 g/mol. The predicted octanol–water partition coefficient (Wildman–Crippen LogP) is 1.92. The summed E-state index contributed by atoms with van der Waals surface area (Å²) in [5, 5.41) is 3.31. The van der Waals surface area contributed by atoms with Gasteiger partial charge in [-0.25, -0.2) is 4.79 Å². The van der Waals surface area contributed by atoms with E-state index in [0.717, 1.165) is 5.52 Å². The second kappa shape index (κ2) is 5.56. The van der Waals surface area contributed by atoms with Crippen LogP contribution in [-0.4, -0.2) is 24.1 Å². The Bertz CT molecular complexity index is 854. The smallest absolute Gasteiger partial charge is 0.364 e. The van der Waals surface area contributed by atoms with E-state index in [2.05, 4.69) is 34.6 Å². The number of aromatic nitrogens is 1. The molecule has 2 aromatic carbocycles. The lowest BCUT2D eigenvalue weighted by Crippen LogP contribution is -2.94. The first kappa shape index (κ1) is 14.0. The number of esters is 1. The van der Waals surface area contributed by atoms with Gasteiger partial charge in [0.2, 0.25) is 0 Å². The van der Waals surface area contributed by atoms with E-state index in [0.29, 0.717) is 6.42 Å². The molecule has 23 heavy (non-hydrogen) atoms. The minimum absolute atomic E-state index is 0.0800. The number of para-hydroxylation sites is 1. The van der Waals surface area contributed by atoms with Gasteiger partial charge >= 0.3 is 5.97 Å². The van der Waals surface area contributed by atoms with E-state index in [1.807, 2.05) is 30.3 Å². The average Bonchev–Trinajstić information content (AvgIpc) is 2.99. The number of quaternary nitrogens is 1. The quantitative estimate of drug-likeness (QED) is 0.711. The van der Waals surface area contributed by atoms with Gasteiger partial charge in [-0.3, -0.25) is 0 Å². The Kier molecular flexibility index (Phi) is 3.39. The number of nitrogens with one attached hydrogen (secondary N) is 1. The Balaban J connectivity index is 1.88. The largest absolute Gasteiger partial charge is 0.465 e. The lowest BCUT2D eigenvalue weighted by Gasteiger charge is -2.26. The highest BCUT2D eigenvalue weighted by Gasteiger charge is 2.38. The normalized spacial score (nSPS) is 20.2. The minimum atomic E-state index is -0.211. The number of methoxy groups -OCH3 is 1. The zero-order valence-electron chi connectivity index (χ0n) is 13.0. The highest BCUT2D eigenvalue weighted by Crippen LogP contribution is 2.31. The monoisotopic (exact) mass is 307 g/mol. The summed E-state index contributed by atoms with van der Waals surface area (Å²) in [6.07, 6.45) is 0.690. The molecule has 2 heterocycles. The number of hydrogen-bond acceptors (Lipinski definition) is 2. The van der Waals surface area contributed by atoms with Crippen LogP contribution in [0.1, 0.15) is 22.9 Å². The molecular formula is C19H19N2O2+. The third kappa shape index (κ3) is 2.32. The number of nitrogens with two attached hydrogens (primary N) is 1. The van der Waals surface area contributed by atoms with Crippen LogP contribution in [0.15, 0.2) is 54.6 Å². The maximum absolute atomic E-state index is 12.1. The Morgan fingerprint density at radius 2 is 1.87 bits per heavy atom. The lowest BCUT2D eigenvalue weighted by atomic mass is 9.90. The summed E-state index contributed by atoms with van der Waals surface area (Å²) in [4.78, 5) is 15.7. The predicted molar refractivity (Wildman–Crippen MR) is 88.0 cm³/mol. The fourth-order valence-corrected chi connectivity index (χ4v) is 3.57. The summed E-state index contributed by atoms with van der Waals surface area (Å²) in [6, 6.07) is 18.4. The maximum atomic E-state index is 12.1. The summed E-state index contributed by atoms with van der Waals surface area (Å²) in [5.41, 5.74) is 4.73. The van der Waals surface area contributed by atoms with Crippen LogP contribution >= 0.6 is 0 Å². The van der Waals surface area contributed by atoms with Crippen LogP contribution in [0, 0.1) is 0 Å². The maximum Gasteiger partial charge on any atom is 0.364 e. The number of ether oxygens (including phenoxy) is 1. The van der Waals surface area contributed by atoms with Gasteiger partial charge in [-0.05, 0) is 11.6 Å². The summed E-state index contributed by atoms with van der Waals surface area (Å²) >= 11 is 0. The zero-order chi connectivity index (χ0) is 15.8. The second-order valence-electron chi connectivity index (χ2n) is 5.98. The molecule has 0 radical (unpaired) electrons. The van der Waals surface area contributed by atoms with Crippen molar-refractivity contribution in [2.24, 2.45) is 0 Å². The molecule has 0 fully saturated rings. The molecule has 1 aliphatic heterocycles. The summed E-state index contributed by atoms with van der Waals surface area (Å²) in [5.74, 6) is -0.165. The Morgan fingerprint density at radius 1 is 1.13 bits per heavy atom. The van der Waals surface area contributed by atoms with E-state index in [-0.39, 0.29) is 18.1 Å². The number of benzene rings is 2. The molecule has 1 aliphatic rings. The number of rotatable bonds is 2. The van der Waals surface area contributed by atoms with Crippen molar-refractivity contribution in [3.8, 4) is 0 Å². The standard InChI is InChI=1S/C19H18N2O2/c1-23-19(22)16-11-14-13-9-5-6-10-15(13)20-18(14)17(21-16)12-7-3-2-4-8-12/h2-10,16-17,20-21H,11H2,1H3/p+1/t16-,17-/m1/s1. The molecule has 0 saturated heterocycles. The first-order chi connectivity index (χ1) is 11.3. The van der Waals surface area contributed by atoms with Crippen LogP contribution in [0.5, 0.6) is 0 Å². The van der Waals surface area contributed by atoms with Gasteiger partial charge in [0.15, 0.2) is 12.1 Å². The van der Waals surface area contributed by atoms with Crippen LogP contribution in [0.25, 0.3) is 10.9 Å². The van der Waals surface area contributed by atoms with E-state index in [1.165, 1.54) is 29.3 Å². The Labute approximate surface area is 134 Å². The molecule has 0 saturated carbocycles. The molecule has 0 bridgehead atoms. The molecule has 0 spiro atoms. The lowest BCUT2D eigenvalue weighted by molar-refractivity contribution is -0.712. The van der Waals surface area contributed by atoms with Crippen molar-refractivity contribution in [3.05, 3.63) is 71.4 Å². The SMILES string of the molecule is COC(=O)[C@H]1Cc2c([nH]c3ccccc23)[C@@H](c2ccccc2)[NH2+]1. The van der Waals surface area contributed by atoms with Crippen molar-refractivity contribution in [2.45, 2.75) is 18.5 Å². The van der Waals surface area contributed by atoms with Crippen molar-refractivity contribution in [1.29, 1.82) is 0 Å². The van der Waals surface area contributed by atoms with E-state index in [1.54, 1.807) is 0 Å². The second-order valence-corrected chi connectivity index (χ2v) is 5.98. The number of hydrogen-bond donors (Lipinski definition) is 2. The average molecular weight is 307 g/mol. The van der Waals surface area contributed by atoms with Gasteiger partial charge in [0.1, 0.15) is 0 Å². The van der Waals surface area contributed by atoms with Gasteiger partial charge in [0.25, 0.3) is 0 Å². The van der Waals surface area contributed by atoms with Crippen molar-refractivity contribution >= 4 is 16.9 Å². The van der Waals surface area contributed by atoms with Crippen molar-refractivity contribution in [3.63, 3.8) is 0 Å². The first-order valence-corrected chi connectivity index (χ1v) is 7.85. The highest BCUT2D eigenvalue weighted by molar-refractivity contribution is 5.86. The summed E-state index contributed by atoms with van der Waals surface area (Å²) in [7, 11) is 1.46. The molecule has 3 N–H and O–H groups in total. The van der Waals surface area contributed by atoms with E-state index >= 15 is 0 Å². The van der Waals surface area contributed by atoms with Crippen molar-refractivity contribution < 1.29 is 14.8 Å². The number of aromatic amines is 1. The van der Waals surface area contributed by atoms with Crippen LogP contribution in [-0.2, 0) is 16.0 Å². The summed E-state index contributed by atoms with van der Waals surface area (Å²) < 4.78 is 5.00. The van der Waals surface area contributed by atoms with Crippen LogP contribution in [0.3, 0.4) is 0 Å². The molecule has 4 heteroatoms. The zero-order valence-corrected chi connectivity index (χ0v) is 13.0.